The summed E-state index contributed by atoms with van der Waals surface area (Å²) in [5, 5.41) is 9.64. The van der Waals surface area contributed by atoms with Gasteiger partial charge in [0.05, 0.1) is 37.7 Å². The van der Waals surface area contributed by atoms with Crippen LogP contribution in [0.25, 0.3) is 21.3 Å². The Morgan fingerprint density at radius 2 is 2.12 bits per heavy atom. The third kappa shape index (κ3) is 4.33. The van der Waals surface area contributed by atoms with Crippen LogP contribution in [-0.4, -0.2) is 44.0 Å². The third-order valence-corrected chi connectivity index (χ3v) is 6.62. The van der Waals surface area contributed by atoms with E-state index in [9.17, 15) is 4.79 Å². The predicted octanol–water partition coefficient (Wildman–Crippen LogP) is 3.88. The number of rotatable bonds is 6. The summed E-state index contributed by atoms with van der Waals surface area (Å²) in [6.45, 7) is 4.38. The molecule has 1 aromatic carbocycles. The number of aromatic nitrogens is 5. The van der Waals surface area contributed by atoms with Crippen LogP contribution in [0.2, 0.25) is 5.02 Å². The van der Waals surface area contributed by atoms with Gasteiger partial charge in [-0.3, -0.25) is 14.0 Å². The zero-order chi connectivity index (χ0) is 22.1. The molecule has 3 aromatic heterocycles. The van der Waals surface area contributed by atoms with E-state index in [1.54, 1.807) is 15.6 Å². The molecule has 5 rings (SSSR count). The summed E-state index contributed by atoms with van der Waals surface area (Å²) in [6, 6.07) is 7.54. The van der Waals surface area contributed by atoms with Crippen molar-refractivity contribution < 1.29 is 9.47 Å². The van der Waals surface area contributed by atoms with Gasteiger partial charge in [0.25, 0.3) is 5.56 Å². The van der Waals surface area contributed by atoms with E-state index in [-0.39, 0.29) is 11.8 Å². The summed E-state index contributed by atoms with van der Waals surface area (Å²) in [6.07, 6.45) is 4.85. The minimum absolute atomic E-state index is 0.104. The Morgan fingerprint density at radius 3 is 2.94 bits per heavy atom. The van der Waals surface area contributed by atoms with E-state index in [2.05, 4.69) is 15.3 Å². The number of benzene rings is 1. The van der Waals surface area contributed by atoms with E-state index < -0.39 is 0 Å². The van der Waals surface area contributed by atoms with Gasteiger partial charge in [0.1, 0.15) is 10.5 Å². The van der Waals surface area contributed by atoms with Gasteiger partial charge in [0.2, 0.25) is 0 Å². The minimum Gasteiger partial charge on any atom is -0.353 e. The number of thiophene rings is 1. The van der Waals surface area contributed by atoms with Gasteiger partial charge in [0.15, 0.2) is 6.29 Å². The highest BCUT2D eigenvalue weighted by Gasteiger charge is 2.18. The molecule has 0 atom stereocenters. The number of hydrogen-bond donors (Lipinski definition) is 0. The molecule has 0 saturated carbocycles. The lowest BCUT2D eigenvalue weighted by Crippen LogP contribution is -2.26. The molecule has 32 heavy (non-hydrogen) atoms. The first-order valence-corrected chi connectivity index (χ1v) is 11.6. The van der Waals surface area contributed by atoms with E-state index in [0.717, 1.165) is 40.5 Å². The van der Waals surface area contributed by atoms with Gasteiger partial charge in [0, 0.05) is 28.4 Å². The highest BCUT2D eigenvalue weighted by atomic mass is 35.5. The zero-order valence-corrected chi connectivity index (χ0v) is 19.1. The fourth-order valence-electron chi connectivity index (χ4n) is 3.88. The molecule has 1 saturated heterocycles. The molecule has 1 aliphatic rings. The van der Waals surface area contributed by atoms with Gasteiger partial charge < -0.3 is 9.47 Å². The fourth-order valence-corrected chi connectivity index (χ4v) is 5.07. The van der Waals surface area contributed by atoms with Crippen molar-refractivity contribution in [1.82, 2.24) is 24.5 Å². The SMILES string of the molecule is Cc1sc2ncn(Cc3cn(CCC4OCCCO4)nn3)c(=O)c2c1-c1cccc(Cl)c1. The van der Waals surface area contributed by atoms with E-state index in [1.165, 1.54) is 11.3 Å². The molecule has 166 valence electrons. The van der Waals surface area contributed by atoms with Gasteiger partial charge in [-0.2, -0.15) is 0 Å². The average Bonchev–Trinajstić information content (AvgIpc) is 3.39. The molecule has 10 heteroatoms. The molecular formula is C22H22ClN5O3S. The molecule has 0 bridgehead atoms. The van der Waals surface area contributed by atoms with Crippen molar-refractivity contribution in [2.24, 2.45) is 0 Å². The Hall–Kier alpha value is -2.59. The van der Waals surface area contributed by atoms with Gasteiger partial charge in [-0.1, -0.05) is 28.9 Å². The van der Waals surface area contributed by atoms with Gasteiger partial charge in [-0.25, -0.2) is 4.98 Å². The van der Waals surface area contributed by atoms with Crippen LogP contribution < -0.4 is 5.56 Å². The molecule has 1 fully saturated rings. The Labute approximate surface area is 193 Å². The highest BCUT2D eigenvalue weighted by molar-refractivity contribution is 7.19. The molecule has 0 unspecified atom stereocenters. The van der Waals surface area contributed by atoms with E-state index >= 15 is 0 Å². The Balaban J connectivity index is 1.39. The van der Waals surface area contributed by atoms with Crippen molar-refractivity contribution in [3.63, 3.8) is 0 Å². The van der Waals surface area contributed by atoms with Crippen molar-refractivity contribution in [3.05, 3.63) is 62.7 Å². The van der Waals surface area contributed by atoms with Crippen LogP contribution in [0.3, 0.4) is 0 Å². The summed E-state index contributed by atoms with van der Waals surface area (Å²) >= 11 is 7.70. The second-order valence-electron chi connectivity index (χ2n) is 7.69. The minimum atomic E-state index is -0.197. The average molecular weight is 472 g/mol. The van der Waals surface area contributed by atoms with Crippen LogP contribution in [0.1, 0.15) is 23.4 Å². The van der Waals surface area contributed by atoms with Crippen LogP contribution in [0.15, 0.2) is 41.6 Å². The lowest BCUT2D eigenvalue weighted by Gasteiger charge is -2.22. The number of hydrogen-bond acceptors (Lipinski definition) is 7. The monoisotopic (exact) mass is 471 g/mol. The second-order valence-corrected chi connectivity index (χ2v) is 9.33. The summed E-state index contributed by atoms with van der Waals surface area (Å²) in [5.41, 5.74) is 2.38. The molecule has 0 radical (unpaired) electrons. The number of nitrogens with zero attached hydrogens (tertiary/aromatic N) is 5. The van der Waals surface area contributed by atoms with Crippen molar-refractivity contribution in [2.75, 3.05) is 13.2 Å². The topological polar surface area (TPSA) is 84.1 Å². The maximum Gasteiger partial charge on any atom is 0.263 e. The first-order chi connectivity index (χ1) is 15.6. The number of ether oxygens (including phenoxy) is 2. The van der Waals surface area contributed by atoms with Gasteiger partial charge >= 0.3 is 0 Å². The van der Waals surface area contributed by atoms with Crippen LogP contribution in [-0.2, 0) is 22.6 Å². The molecule has 0 aliphatic carbocycles. The highest BCUT2D eigenvalue weighted by Crippen LogP contribution is 2.36. The summed E-state index contributed by atoms with van der Waals surface area (Å²) in [5.74, 6) is 0. The number of fused-ring (bicyclic) bond motifs is 1. The van der Waals surface area contributed by atoms with Gasteiger partial charge in [-0.15, -0.1) is 16.4 Å². The Morgan fingerprint density at radius 1 is 1.28 bits per heavy atom. The molecular weight excluding hydrogens is 450 g/mol. The van der Waals surface area contributed by atoms with Crippen LogP contribution in [0.5, 0.6) is 0 Å². The van der Waals surface area contributed by atoms with E-state index in [0.29, 0.717) is 35.6 Å². The van der Waals surface area contributed by atoms with Crippen LogP contribution in [0.4, 0.5) is 0 Å². The number of aryl methyl sites for hydroxylation is 2. The standard InChI is InChI=1S/C22H22ClN5O3S/c1-14-19(15-4-2-5-16(23)10-15)20-21(32-14)24-13-27(22(20)29)11-17-12-28(26-25-17)7-6-18-30-8-3-9-31-18/h2,4-5,10,12-13,18H,3,6-9,11H2,1H3. The summed E-state index contributed by atoms with van der Waals surface area (Å²) in [7, 11) is 0. The van der Waals surface area contributed by atoms with E-state index in [1.807, 2.05) is 37.4 Å². The maximum absolute atomic E-state index is 13.4. The number of halogens is 1. The molecule has 1 aliphatic heterocycles. The zero-order valence-electron chi connectivity index (χ0n) is 17.5. The molecule has 0 N–H and O–H groups in total. The van der Waals surface area contributed by atoms with Crippen LogP contribution in [0, 0.1) is 6.92 Å². The van der Waals surface area contributed by atoms with Crippen molar-refractivity contribution in [3.8, 4) is 11.1 Å². The lowest BCUT2D eigenvalue weighted by molar-refractivity contribution is -0.182. The maximum atomic E-state index is 13.4. The normalized spacial score (nSPS) is 14.9. The molecule has 8 nitrogen and oxygen atoms in total. The van der Waals surface area contributed by atoms with Crippen molar-refractivity contribution in [1.29, 1.82) is 0 Å². The lowest BCUT2D eigenvalue weighted by atomic mass is 10.0. The molecule has 0 spiro atoms. The summed E-state index contributed by atoms with van der Waals surface area (Å²) in [4.78, 5) is 19.7. The summed E-state index contributed by atoms with van der Waals surface area (Å²) < 4.78 is 14.5. The van der Waals surface area contributed by atoms with E-state index in [4.69, 9.17) is 21.1 Å². The van der Waals surface area contributed by atoms with Crippen molar-refractivity contribution >= 4 is 33.2 Å². The Bertz CT molecular complexity index is 1310. The smallest absolute Gasteiger partial charge is 0.263 e. The first-order valence-electron chi connectivity index (χ1n) is 10.4. The quantitative estimate of drug-likeness (QED) is 0.424. The van der Waals surface area contributed by atoms with Crippen LogP contribution >= 0.6 is 22.9 Å². The first kappa shape index (κ1) is 21.3. The van der Waals surface area contributed by atoms with Crippen molar-refractivity contribution in [2.45, 2.75) is 39.1 Å². The fraction of sp³-hybridized carbons (Fsp3) is 0.364. The molecule has 4 heterocycles. The largest absolute Gasteiger partial charge is 0.353 e. The third-order valence-electron chi connectivity index (χ3n) is 5.38. The Kier molecular flexibility index (Phi) is 6.05. The second kappa shape index (κ2) is 9.11. The molecule has 0 amide bonds. The van der Waals surface area contributed by atoms with Gasteiger partial charge in [-0.05, 0) is 31.0 Å². The molecule has 4 aromatic rings. The predicted molar refractivity (Wildman–Crippen MR) is 123 cm³/mol.